The predicted octanol–water partition coefficient (Wildman–Crippen LogP) is 1.97. The summed E-state index contributed by atoms with van der Waals surface area (Å²) >= 11 is 6.00. The van der Waals surface area contributed by atoms with Crippen molar-refractivity contribution in [2.24, 2.45) is 0 Å². The highest BCUT2D eigenvalue weighted by Crippen LogP contribution is 2.18. The van der Waals surface area contributed by atoms with Gasteiger partial charge in [0.05, 0.1) is 42.2 Å². The van der Waals surface area contributed by atoms with Crippen LogP contribution in [0.15, 0.2) is 30.7 Å². The molecule has 0 spiro atoms. The van der Waals surface area contributed by atoms with Gasteiger partial charge in [-0.2, -0.15) is 5.10 Å². The van der Waals surface area contributed by atoms with E-state index in [1.54, 1.807) is 12.3 Å². The molecule has 0 unspecified atom stereocenters. The second-order valence-electron chi connectivity index (χ2n) is 7.00. The summed E-state index contributed by atoms with van der Waals surface area (Å²) in [6.07, 6.45) is 5.58. The molecule has 0 aromatic carbocycles. The van der Waals surface area contributed by atoms with Gasteiger partial charge in [-0.1, -0.05) is 11.6 Å². The first-order chi connectivity index (χ1) is 13.0. The minimum Gasteiger partial charge on any atom is -0.332 e. The van der Waals surface area contributed by atoms with Crippen LogP contribution < -0.4 is 5.32 Å². The number of hydrogen-bond donors (Lipinski definition) is 1. The summed E-state index contributed by atoms with van der Waals surface area (Å²) in [5.41, 5.74) is 3.86. The Morgan fingerprint density at radius 3 is 2.96 bits per heavy atom. The van der Waals surface area contributed by atoms with Crippen molar-refractivity contribution in [1.82, 2.24) is 34.3 Å². The quantitative estimate of drug-likeness (QED) is 0.743. The fraction of sp³-hybridized carbons (Fsp3) is 0.389. The van der Waals surface area contributed by atoms with Crippen LogP contribution in [0.4, 0.5) is 4.79 Å². The van der Waals surface area contributed by atoms with Gasteiger partial charge < -0.3 is 19.5 Å². The number of nitrogens with one attached hydrogen (secondary N) is 1. The van der Waals surface area contributed by atoms with Gasteiger partial charge in [-0.15, -0.1) is 0 Å². The van der Waals surface area contributed by atoms with Crippen molar-refractivity contribution in [3.8, 4) is 0 Å². The number of aromatic nitrogens is 4. The molecule has 0 aliphatic carbocycles. The van der Waals surface area contributed by atoms with E-state index in [-0.39, 0.29) is 6.03 Å². The van der Waals surface area contributed by atoms with Crippen LogP contribution in [0.25, 0.3) is 5.65 Å². The largest absolute Gasteiger partial charge is 0.332 e. The van der Waals surface area contributed by atoms with Gasteiger partial charge >= 0.3 is 6.03 Å². The maximum Gasteiger partial charge on any atom is 0.318 e. The van der Waals surface area contributed by atoms with Crippen molar-refractivity contribution in [1.29, 1.82) is 0 Å². The zero-order valence-corrected chi connectivity index (χ0v) is 16.1. The molecule has 1 aliphatic rings. The summed E-state index contributed by atoms with van der Waals surface area (Å²) < 4.78 is 3.85. The van der Waals surface area contributed by atoms with E-state index < -0.39 is 0 Å². The SMILES string of the molecule is CN(C)Cc1cnn2c1CN(C(=O)NCc1cn3cc(Cl)ccc3n1)CC2. The first-order valence-corrected chi connectivity index (χ1v) is 9.21. The molecule has 27 heavy (non-hydrogen) atoms. The fourth-order valence-corrected chi connectivity index (χ4v) is 3.50. The summed E-state index contributed by atoms with van der Waals surface area (Å²) in [4.78, 5) is 21.0. The van der Waals surface area contributed by atoms with Crippen LogP contribution in [0.5, 0.6) is 0 Å². The van der Waals surface area contributed by atoms with Gasteiger partial charge in [-0.25, -0.2) is 9.78 Å². The first-order valence-electron chi connectivity index (χ1n) is 8.84. The molecule has 9 heteroatoms. The zero-order chi connectivity index (χ0) is 19.0. The topological polar surface area (TPSA) is 70.7 Å². The Bertz CT molecular complexity index is 977. The summed E-state index contributed by atoms with van der Waals surface area (Å²) in [6.45, 7) is 3.11. The predicted molar refractivity (Wildman–Crippen MR) is 102 cm³/mol. The lowest BCUT2D eigenvalue weighted by atomic mass is 10.2. The lowest BCUT2D eigenvalue weighted by Gasteiger charge is -2.28. The molecule has 8 nitrogen and oxygen atoms in total. The first kappa shape index (κ1) is 17.8. The van der Waals surface area contributed by atoms with Crippen LogP contribution in [-0.4, -0.2) is 55.6 Å². The third-order valence-electron chi connectivity index (χ3n) is 4.62. The molecule has 3 aromatic heterocycles. The van der Waals surface area contributed by atoms with Gasteiger partial charge in [0.15, 0.2) is 0 Å². The van der Waals surface area contributed by atoms with Gasteiger partial charge in [0, 0.05) is 31.0 Å². The van der Waals surface area contributed by atoms with E-state index in [1.807, 2.05) is 46.5 Å². The number of pyridine rings is 1. The molecule has 0 radical (unpaired) electrons. The van der Waals surface area contributed by atoms with Crippen molar-refractivity contribution in [3.63, 3.8) is 0 Å². The molecule has 0 atom stereocenters. The van der Waals surface area contributed by atoms with Gasteiger partial charge in [0.1, 0.15) is 5.65 Å². The Hall–Kier alpha value is -2.58. The number of nitrogens with zero attached hydrogens (tertiary/aromatic N) is 6. The normalized spacial score (nSPS) is 14.0. The van der Waals surface area contributed by atoms with Crippen LogP contribution in [-0.2, 0) is 26.2 Å². The van der Waals surface area contributed by atoms with Crippen LogP contribution in [0, 0.1) is 0 Å². The highest BCUT2D eigenvalue weighted by molar-refractivity contribution is 6.30. The van der Waals surface area contributed by atoms with Crippen LogP contribution in [0.1, 0.15) is 17.0 Å². The number of urea groups is 1. The molecule has 0 saturated carbocycles. The molecular formula is C18H22ClN7O. The smallest absolute Gasteiger partial charge is 0.318 e. The van der Waals surface area contributed by atoms with Crippen LogP contribution >= 0.6 is 11.6 Å². The molecule has 0 saturated heterocycles. The van der Waals surface area contributed by atoms with E-state index in [1.165, 1.54) is 0 Å². The number of rotatable bonds is 4. The minimum absolute atomic E-state index is 0.0895. The van der Waals surface area contributed by atoms with Gasteiger partial charge in [-0.3, -0.25) is 4.68 Å². The van der Waals surface area contributed by atoms with Crippen molar-refractivity contribution in [2.45, 2.75) is 26.2 Å². The van der Waals surface area contributed by atoms with Gasteiger partial charge in [0.25, 0.3) is 0 Å². The average Bonchev–Trinajstić information content (AvgIpc) is 3.22. The van der Waals surface area contributed by atoms with Crippen molar-refractivity contribution in [3.05, 3.63) is 52.7 Å². The van der Waals surface area contributed by atoms with E-state index in [0.717, 1.165) is 29.1 Å². The molecule has 0 fully saturated rings. The summed E-state index contributed by atoms with van der Waals surface area (Å²) in [7, 11) is 4.05. The summed E-state index contributed by atoms with van der Waals surface area (Å²) in [5, 5.41) is 8.05. The lowest BCUT2D eigenvalue weighted by molar-refractivity contribution is 0.180. The molecule has 0 bridgehead atoms. The number of halogens is 1. The summed E-state index contributed by atoms with van der Waals surface area (Å²) in [5.74, 6) is 0. The molecule has 4 rings (SSSR count). The number of amides is 2. The monoisotopic (exact) mass is 387 g/mol. The highest BCUT2D eigenvalue weighted by atomic mass is 35.5. The number of fused-ring (bicyclic) bond motifs is 2. The lowest BCUT2D eigenvalue weighted by Crippen LogP contribution is -2.44. The third-order valence-corrected chi connectivity index (χ3v) is 4.84. The fourth-order valence-electron chi connectivity index (χ4n) is 3.33. The summed E-state index contributed by atoms with van der Waals surface area (Å²) in [6, 6.07) is 3.56. The molecule has 2 amide bonds. The van der Waals surface area contributed by atoms with Gasteiger partial charge in [0.2, 0.25) is 0 Å². The van der Waals surface area contributed by atoms with E-state index in [4.69, 9.17) is 11.6 Å². The maximum atomic E-state index is 12.6. The second-order valence-corrected chi connectivity index (χ2v) is 7.44. The van der Waals surface area contributed by atoms with E-state index >= 15 is 0 Å². The highest BCUT2D eigenvalue weighted by Gasteiger charge is 2.24. The van der Waals surface area contributed by atoms with E-state index in [2.05, 4.69) is 20.3 Å². The molecule has 1 aliphatic heterocycles. The number of imidazole rings is 1. The molecule has 4 heterocycles. The van der Waals surface area contributed by atoms with E-state index in [0.29, 0.717) is 31.2 Å². The number of hydrogen-bond acceptors (Lipinski definition) is 4. The molecule has 3 aromatic rings. The van der Waals surface area contributed by atoms with Crippen molar-refractivity contribution in [2.75, 3.05) is 20.6 Å². The molecule has 142 valence electrons. The third kappa shape index (κ3) is 3.77. The Kier molecular flexibility index (Phi) is 4.75. The zero-order valence-electron chi connectivity index (χ0n) is 15.4. The molecular weight excluding hydrogens is 366 g/mol. The minimum atomic E-state index is -0.0895. The van der Waals surface area contributed by atoms with E-state index in [9.17, 15) is 4.79 Å². The average molecular weight is 388 g/mol. The molecule has 1 N–H and O–H groups in total. The second kappa shape index (κ2) is 7.21. The maximum absolute atomic E-state index is 12.6. The Morgan fingerprint density at radius 2 is 2.15 bits per heavy atom. The number of carbonyl (C=O) groups is 1. The Morgan fingerprint density at radius 1 is 1.30 bits per heavy atom. The Balaban J connectivity index is 1.40. The van der Waals surface area contributed by atoms with Gasteiger partial charge in [-0.05, 0) is 26.2 Å². The number of carbonyl (C=O) groups excluding carboxylic acids is 1. The van der Waals surface area contributed by atoms with Crippen LogP contribution in [0.3, 0.4) is 0 Å². The standard InChI is InChI=1S/C18H22ClN7O/c1-23(2)9-13-7-21-26-6-5-24(12-16(13)26)18(27)20-8-15-11-25-10-14(19)3-4-17(25)22-15/h3-4,7,10-11H,5-6,8-9,12H2,1-2H3,(H,20,27). The van der Waals surface area contributed by atoms with Crippen molar-refractivity contribution < 1.29 is 4.79 Å². The van der Waals surface area contributed by atoms with Crippen molar-refractivity contribution >= 4 is 23.3 Å². The van der Waals surface area contributed by atoms with Crippen LogP contribution in [0.2, 0.25) is 5.02 Å². The Labute approximate surface area is 162 Å².